The van der Waals surface area contributed by atoms with Crippen molar-refractivity contribution < 1.29 is 4.79 Å². The van der Waals surface area contributed by atoms with Gasteiger partial charge in [-0.05, 0) is 24.1 Å². The van der Waals surface area contributed by atoms with Gasteiger partial charge in [-0.3, -0.25) is 4.79 Å². The second-order valence-corrected chi connectivity index (χ2v) is 7.02. The first-order chi connectivity index (χ1) is 12.3. The molecular weight excluding hydrogens is 354 g/mol. The summed E-state index contributed by atoms with van der Waals surface area (Å²) in [5, 5.41) is 0.561. The average Bonchev–Trinajstić information content (AvgIpc) is 2.53. The number of amides is 1. The Bertz CT molecular complexity index is 705. The lowest BCUT2D eigenvalue weighted by Gasteiger charge is -2.36. The number of carbonyl (C=O) groups excluding carboxylic acids is 1. The summed E-state index contributed by atoms with van der Waals surface area (Å²) in [6, 6.07) is 5.39. The third-order valence-corrected chi connectivity index (χ3v) is 4.28. The summed E-state index contributed by atoms with van der Waals surface area (Å²) in [4.78, 5) is 24.0. The molecule has 8 nitrogen and oxygen atoms in total. The van der Waals surface area contributed by atoms with Crippen LogP contribution in [0.2, 0.25) is 5.02 Å². The van der Waals surface area contributed by atoms with E-state index in [4.69, 9.17) is 28.8 Å². The molecule has 1 fully saturated rings. The topological polar surface area (TPSA) is 126 Å². The van der Waals surface area contributed by atoms with Gasteiger partial charge in [-0.15, -0.1) is 0 Å². The number of benzene rings is 1. The lowest BCUT2D eigenvalue weighted by Crippen LogP contribution is -2.49. The Hall–Kier alpha value is -2.48. The van der Waals surface area contributed by atoms with E-state index in [2.05, 4.69) is 28.7 Å². The predicted octanol–water partition coefficient (Wildman–Crippen LogP) is 1.25. The van der Waals surface area contributed by atoms with Gasteiger partial charge in [0.05, 0.1) is 16.4 Å². The number of halogens is 1. The number of hydrogen-bond donors (Lipinski definition) is 3. The number of rotatable bonds is 4. The zero-order chi connectivity index (χ0) is 19.3. The van der Waals surface area contributed by atoms with Gasteiger partial charge >= 0.3 is 0 Å². The van der Waals surface area contributed by atoms with E-state index in [1.165, 1.54) is 0 Å². The van der Waals surface area contributed by atoms with Gasteiger partial charge in [0.25, 0.3) is 0 Å². The Morgan fingerprint density at radius 1 is 1.19 bits per heavy atom. The number of nitrogens with zero attached hydrogens (tertiary/aromatic N) is 4. The fourth-order valence-electron chi connectivity index (χ4n) is 2.79. The van der Waals surface area contributed by atoms with Crippen LogP contribution in [0.5, 0.6) is 0 Å². The molecular formula is C17H26ClN7O. The van der Waals surface area contributed by atoms with Gasteiger partial charge in [0, 0.05) is 32.6 Å². The second kappa shape index (κ2) is 8.75. The fourth-order valence-corrected chi connectivity index (χ4v) is 3.08. The highest BCUT2D eigenvalue weighted by Gasteiger charge is 2.22. The molecule has 1 aliphatic rings. The van der Waals surface area contributed by atoms with Crippen LogP contribution in [0, 0.1) is 5.92 Å². The van der Waals surface area contributed by atoms with Crippen LogP contribution in [0.3, 0.4) is 0 Å². The third kappa shape index (κ3) is 5.52. The molecule has 1 aliphatic heterocycles. The summed E-state index contributed by atoms with van der Waals surface area (Å²) in [6.45, 7) is 6.97. The highest BCUT2D eigenvalue weighted by Crippen LogP contribution is 2.30. The molecule has 0 aliphatic carbocycles. The van der Waals surface area contributed by atoms with E-state index in [1.807, 2.05) is 11.0 Å². The van der Waals surface area contributed by atoms with E-state index in [0.717, 1.165) is 18.8 Å². The summed E-state index contributed by atoms with van der Waals surface area (Å²) in [6.07, 6.45) is 0.588. The average molecular weight is 380 g/mol. The molecule has 1 heterocycles. The van der Waals surface area contributed by atoms with Crippen molar-refractivity contribution in [2.24, 2.45) is 33.1 Å². The molecule has 0 bridgehead atoms. The summed E-state index contributed by atoms with van der Waals surface area (Å²) in [5.41, 5.74) is 17.6. The molecule has 2 rings (SSSR count). The van der Waals surface area contributed by atoms with Crippen LogP contribution in [0.15, 0.2) is 28.2 Å². The van der Waals surface area contributed by atoms with Crippen LogP contribution < -0.4 is 22.1 Å². The number of carbonyl (C=O) groups is 1. The lowest BCUT2D eigenvalue weighted by molar-refractivity contribution is -0.132. The molecule has 6 N–H and O–H groups in total. The molecule has 0 saturated carbocycles. The molecule has 0 atom stereocenters. The molecule has 0 unspecified atom stereocenters. The van der Waals surface area contributed by atoms with E-state index in [1.54, 1.807) is 12.1 Å². The Labute approximate surface area is 158 Å². The van der Waals surface area contributed by atoms with E-state index in [0.29, 0.717) is 36.1 Å². The van der Waals surface area contributed by atoms with Crippen molar-refractivity contribution in [3.05, 3.63) is 23.2 Å². The molecule has 1 aromatic carbocycles. The fraction of sp³-hybridized carbons (Fsp3) is 0.471. The summed E-state index contributed by atoms with van der Waals surface area (Å²) in [7, 11) is 0. The number of aliphatic imine (C=N–C) groups is 2. The van der Waals surface area contributed by atoms with Crippen LogP contribution in [-0.2, 0) is 4.79 Å². The van der Waals surface area contributed by atoms with Crippen LogP contribution in [0.1, 0.15) is 20.3 Å². The smallest absolute Gasteiger partial charge is 0.223 e. The van der Waals surface area contributed by atoms with Crippen molar-refractivity contribution in [2.75, 3.05) is 31.1 Å². The predicted molar refractivity (Wildman–Crippen MR) is 107 cm³/mol. The van der Waals surface area contributed by atoms with Gasteiger partial charge in [0.15, 0.2) is 5.96 Å². The Morgan fingerprint density at radius 3 is 2.38 bits per heavy atom. The first-order valence-electron chi connectivity index (χ1n) is 8.52. The van der Waals surface area contributed by atoms with E-state index >= 15 is 0 Å². The monoisotopic (exact) mass is 379 g/mol. The lowest BCUT2D eigenvalue weighted by atomic mass is 10.1. The standard InChI is InChI=1S/C17H26ClN7O/c1-11(2)9-15(26)25-7-5-24(6-8-25)14-4-3-12(10-13(14)18)22-17(21)23-16(19)20/h3-4,10-11H,5-9H2,1-2H3,(H6,19,20,21,22,23). The van der Waals surface area contributed by atoms with Gasteiger partial charge in [-0.25, -0.2) is 4.99 Å². The molecule has 0 spiro atoms. The molecule has 9 heteroatoms. The van der Waals surface area contributed by atoms with Crippen molar-refractivity contribution in [1.29, 1.82) is 0 Å². The molecule has 1 aromatic rings. The Balaban J connectivity index is 2.03. The van der Waals surface area contributed by atoms with Gasteiger partial charge in [-0.1, -0.05) is 25.4 Å². The minimum atomic E-state index is -0.154. The Morgan fingerprint density at radius 2 is 1.85 bits per heavy atom. The first-order valence-corrected chi connectivity index (χ1v) is 8.90. The van der Waals surface area contributed by atoms with Gasteiger partial charge in [0.2, 0.25) is 11.9 Å². The van der Waals surface area contributed by atoms with Crippen molar-refractivity contribution in [3.63, 3.8) is 0 Å². The van der Waals surface area contributed by atoms with E-state index in [-0.39, 0.29) is 17.8 Å². The number of piperazine rings is 1. The first kappa shape index (κ1) is 19.8. The summed E-state index contributed by atoms with van der Waals surface area (Å²) in [5.74, 6) is 0.394. The quantitative estimate of drug-likeness (QED) is 0.536. The Kier molecular flexibility index (Phi) is 6.68. The van der Waals surface area contributed by atoms with Crippen molar-refractivity contribution in [1.82, 2.24) is 4.90 Å². The SMILES string of the molecule is CC(C)CC(=O)N1CCN(c2ccc(N=C(N)N=C(N)N)cc2Cl)CC1. The molecule has 1 saturated heterocycles. The molecule has 1 amide bonds. The van der Waals surface area contributed by atoms with Crippen LogP contribution in [0.4, 0.5) is 11.4 Å². The summed E-state index contributed by atoms with van der Waals surface area (Å²) >= 11 is 6.40. The van der Waals surface area contributed by atoms with Crippen LogP contribution in [-0.4, -0.2) is 48.9 Å². The molecule has 142 valence electrons. The third-order valence-electron chi connectivity index (χ3n) is 3.97. The largest absolute Gasteiger partial charge is 0.370 e. The van der Waals surface area contributed by atoms with Crippen molar-refractivity contribution >= 4 is 40.8 Å². The molecule has 0 radical (unpaired) electrons. The number of guanidine groups is 2. The number of anilines is 1. The molecule has 0 aromatic heterocycles. The maximum atomic E-state index is 12.2. The van der Waals surface area contributed by atoms with E-state index < -0.39 is 0 Å². The maximum Gasteiger partial charge on any atom is 0.223 e. The van der Waals surface area contributed by atoms with Crippen LogP contribution in [0.25, 0.3) is 0 Å². The van der Waals surface area contributed by atoms with Crippen molar-refractivity contribution in [2.45, 2.75) is 20.3 Å². The molecule has 26 heavy (non-hydrogen) atoms. The van der Waals surface area contributed by atoms with Gasteiger partial charge in [0.1, 0.15) is 0 Å². The minimum Gasteiger partial charge on any atom is -0.370 e. The number of hydrogen-bond acceptors (Lipinski definition) is 3. The van der Waals surface area contributed by atoms with Crippen molar-refractivity contribution in [3.8, 4) is 0 Å². The zero-order valence-corrected chi connectivity index (χ0v) is 15.9. The highest BCUT2D eigenvalue weighted by atomic mass is 35.5. The number of nitrogens with two attached hydrogens (primary N) is 3. The minimum absolute atomic E-state index is 0.0360. The van der Waals surface area contributed by atoms with Crippen LogP contribution >= 0.6 is 11.6 Å². The maximum absolute atomic E-state index is 12.2. The van der Waals surface area contributed by atoms with E-state index in [9.17, 15) is 4.79 Å². The normalized spacial score (nSPS) is 15.3. The highest BCUT2D eigenvalue weighted by molar-refractivity contribution is 6.33. The second-order valence-electron chi connectivity index (χ2n) is 6.61. The van der Waals surface area contributed by atoms with Gasteiger partial charge in [-0.2, -0.15) is 4.99 Å². The zero-order valence-electron chi connectivity index (χ0n) is 15.2. The van der Waals surface area contributed by atoms with Gasteiger partial charge < -0.3 is 27.0 Å². The summed E-state index contributed by atoms with van der Waals surface area (Å²) < 4.78 is 0.